The van der Waals surface area contributed by atoms with Crippen LogP contribution in [0.25, 0.3) is 0 Å². The summed E-state index contributed by atoms with van der Waals surface area (Å²) >= 11 is 0. The topological polar surface area (TPSA) is 25.2 Å². The zero-order chi connectivity index (χ0) is 11.2. The first-order chi connectivity index (χ1) is 7.90. The molecule has 16 heavy (non-hydrogen) atoms. The van der Waals surface area contributed by atoms with Crippen LogP contribution < -0.4 is 5.32 Å². The molecular formula is C14H23NO. The second-order valence-electron chi connectivity index (χ2n) is 4.94. The Morgan fingerprint density at radius 1 is 1.44 bits per heavy atom. The van der Waals surface area contributed by atoms with Crippen LogP contribution in [0.5, 0.6) is 0 Å². The first-order valence-electron chi connectivity index (χ1n) is 6.64. The van der Waals surface area contributed by atoms with Crippen LogP contribution in [0.3, 0.4) is 0 Å². The molecule has 1 saturated carbocycles. The average molecular weight is 221 g/mol. The highest BCUT2D eigenvalue weighted by atomic mass is 16.3. The molecule has 1 aliphatic carbocycles. The Morgan fingerprint density at radius 3 is 2.88 bits per heavy atom. The Bertz CT molecular complexity index is 275. The van der Waals surface area contributed by atoms with E-state index < -0.39 is 0 Å². The van der Waals surface area contributed by atoms with Gasteiger partial charge in [-0.1, -0.05) is 19.8 Å². The second kappa shape index (κ2) is 6.09. The maximum atomic E-state index is 5.15. The highest BCUT2D eigenvalue weighted by molar-refractivity contribution is 5.08. The van der Waals surface area contributed by atoms with E-state index in [2.05, 4.69) is 18.3 Å². The summed E-state index contributed by atoms with van der Waals surface area (Å²) in [6, 6.07) is 2.75. The van der Waals surface area contributed by atoms with Crippen molar-refractivity contribution in [2.75, 3.05) is 6.54 Å². The highest BCUT2D eigenvalue weighted by Crippen LogP contribution is 2.29. The summed E-state index contributed by atoms with van der Waals surface area (Å²) < 4.78 is 5.15. The third-order valence-electron chi connectivity index (χ3n) is 3.66. The van der Waals surface area contributed by atoms with Crippen LogP contribution in [0.4, 0.5) is 0 Å². The zero-order valence-corrected chi connectivity index (χ0v) is 10.2. The van der Waals surface area contributed by atoms with Gasteiger partial charge in [-0.3, -0.25) is 0 Å². The van der Waals surface area contributed by atoms with Crippen molar-refractivity contribution in [1.82, 2.24) is 5.32 Å². The van der Waals surface area contributed by atoms with Crippen LogP contribution in [0.1, 0.15) is 44.6 Å². The normalized spacial score (nSPS) is 19.1. The van der Waals surface area contributed by atoms with E-state index in [1.165, 1.54) is 37.7 Å². The molecule has 1 heterocycles. The molecule has 2 rings (SSSR count). The number of nitrogens with one attached hydrogen (secondary N) is 1. The molecule has 1 unspecified atom stereocenters. The van der Waals surface area contributed by atoms with Crippen LogP contribution in [0.2, 0.25) is 0 Å². The maximum Gasteiger partial charge on any atom is 0.0935 e. The first kappa shape index (κ1) is 11.7. The molecule has 0 radical (unpaired) electrons. The molecule has 0 aromatic carbocycles. The Balaban J connectivity index is 1.90. The smallest absolute Gasteiger partial charge is 0.0935 e. The van der Waals surface area contributed by atoms with Gasteiger partial charge in [0.25, 0.3) is 0 Å². The molecule has 2 heteroatoms. The van der Waals surface area contributed by atoms with Crippen molar-refractivity contribution in [2.24, 2.45) is 5.92 Å². The fraction of sp³-hybridized carbons (Fsp3) is 0.714. The van der Waals surface area contributed by atoms with E-state index >= 15 is 0 Å². The third-order valence-corrected chi connectivity index (χ3v) is 3.66. The van der Waals surface area contributed by atoms with Crippen LogP contribution in [0, 0.1) is 5.92 Å². The minimum absolute atomic E-state index is 0.653. The zero-order valence-electron chi connectivity index (χ0n) is 10.2. The molecule has 1 aromatic heterocycles. The summed E-state index contributed by atoms with van der Waals surface area (Å²) in [5, 5.41) is 3.71. The van der Waals surface area contributed by atoms with Crippen LogP contribution in [-0.4, -0.2) is 12.6 Å². The summed E-state index contributed by atoms with van der Waals surface area (Å²) in [5.41, 5.74) is 1.33. The van der Waals surface area contributed by atoms with Crippen molar-refractivity contribution < 1.29 is 4.42 Å². The molecule has 0 bridgehead atoms. The molecule has 0 amide bonds. The number of furan rings is 1. The number of rotatable bonds is 6. The molecule has 90 valence electrons. The SMILES string of the molecule is CCCNC(Cc1ccoc1)C1CCCC1. The van der Waals surface area contributed by atoms with Crippen molar-refractivity contribution in [3.8, 4) is 0 Å². The van der Waals surface area contributed by atoms with Crippen LogP contribution in [0.15, 0.2) is 23.0 Å². The standard InChI is InChI=1S/C14H23NO/c1-2-8-15-14(13-5-3-4-6-13)10-12-7-9-16-11-12/h7,9,11,13-15H,2-6,8,10H2,1H3. The van der Waals surface area contributed by atoms with E-state index in [1.54, 1.807) is 6.26 Å². The lowest BCUT2D eigenvalue weighted by molar-refractivity contribution is 0.356. The summed E-state index contributed by atoms with van der Waals surface area (Å²) in [6.45, 7) is 3.37. The largest absolute Gasteiger partial charge is 0.472 e. The quantitative estimate of drug-likeness (QED) is 0.796. The minimum Gasteiger partial charge on any atom is -0.472 e. The van der Waals surface area contributed by atoms with Crippen LogP contribution >= 0.6 is 0 Å². The molecule has 0 aliphatic heterocycles. The van der Waals surface area contributed by atoms with E-state index in [9.17, 15) is 0 Å². The summed E-state index contributed by atoms with van der Waals surface area (Å²) in [6.07, 6.45) is 11.6. The van der Waals surface area contributed by atoms with E-state index in [0.29, 0.717) is 6.04 Å². The summed E-state index contributed by atoms with van der Waals surface area (Å²) in [4.78, 5) is 0. The van der Waals surface area contributed by atoms with Crippen molar-refractivity contribution in [1.29, 1.82) is 0 Å². The predicted octanol–water partition coefficient (Wildman–Crippen LogP) is 3.38. The van der Waals surface area contributed by atoms with Gasteiger partial charge in [-0.25, -0.2) is 0 Å². The maximum absolute atomic E-state index is 5.15. The molecule has 1 N–H and O–H groups in total. The summed E-state index contributed by atoms with van der Waals surface area (Å²) in [5.74, 6) is 0.876. The molecule has 1 aromatic rings. The average Bonchev–Trinajstić information content (AvgIpc) is 2.96. The van der Waals surface area contributed by atoms with E-state index in [4.69, 9.17) is 4.42 Å². The molecule has 1 aliphatic rings. The lowest BCUT2D eigenvalue weighted by atomic mass is 9.93. The fourth-order valence-corrected chi connectivity index (χ4v) is 2.76. The Hall–Kier alpha value is -0.760. The monoisotopic (exact) mass is 221 g/mol. The number of hydrogen-bond donors (Lipinski definition) is 1. The minimum atomic E-state index is 0.653. The lowest BCUT2D eigenvalue weighted by Gasteiger charge is -2.24. The Morgan fingerprint density at radius 2 is 2.25 bits per heavy atom. The Labute approximate surface area is 98.4 Å². The Kier molecular flexibility index (Phi) is 4.46. The van der Waals surface area contributed by atoms with E-state index in [1.807, 2.05) is 6.26 Å². The van der Waals surface area contributed by atoms with Gasteiger partial charge >= 0.3 is 0 Å². The van der Waals surface area contributed by atoms with Gasteiger partial charge in [0.15, 0.2) is 0 Å². The molecular weight excluding hydrogens is 198 g/mol. The van der Waals surface area contributed by atoms with Crippen LogP contribution in [-0.2, 0) is 6.42 Å². The highest BCUT2D eigenvalue weighted by Gasteiger charge is 2.24. The van der Waals surface area contributed by atoms with E-state index in [-0.39, 0.29) is 0 Å². The first-order valence-corrected chi connectivity index (χ1v) is 6.64. The predicted molar refractivity (Wildman–Crippen MR) is 66.5 cm³/mol. The van der Waals surface area contributed by atoms with Gasteiger partial charge in [0.2, 0.25) is 0 Å². The molecule has 1 atom stereocenters. The van der Waals surface area contributed by atoms with Crippen molar-refractivity contribution in [2.45, 2.75) is 51.5 Å². The van der Waals surface area contributed by atoms with Gasteiger partial charge in [0, 0.05) is 6.04 Å². The molecule has 2 nitrogen and oxygen atoms in total. The van der Waals surface area contributed by atoms with Gasteiger partial charge in [-0.15, -0.1) is 0 Å². The fourth-order valence-electron chi connectivity index (χ4n) is 2.76. The van der Waals surface area contributed by atoms with Gasteiger partial charge < -0.3 is 9.73 Å². The van der Waals surface area contributed by atoms with Gasteiger partial charge in [-0.05, 0) is 49.8 Å². The van der Waals surface area contributed by atoms with E-state index in [0.717, 1.165) is 18.9 Å². The van der Waals surface area contributed by atoms with Gasteiger partial charge in [0.05, 0.1) is 12.5 Å². The van der Waals surface area contributed by atoms with Crippen molar-refractivity contribution in [3.63, 3.8) is 0 Å². The number of hydrogen-bond acceptors (Lipinski definition) is 2. The molecule has 0 saturated heterocycles. The van der Waals surface area contributed by atoms with Gasteiger partial charge in [0.1, 0.15) is 0 Å². The summed E-state index contributed by atoms with van der Waals surface area (Å²) in [7, 11) is 0. The molecule has 1 fully saturated rings. The second-order valence-corrected chi connectivity index (χ2v) is 4.94. The van der Waals surface area contributed by atoms with Crippen molar-refractivity contribution in [3.05, 3.63) is 24.2 Å². The molecule has 0 spiro atoms. The van der Waals surface area contributed by atoms with Gasteiger partial charge in [-0.2, -0.15) is 0 Å². The van der Waals surface area contributed by atoms with Crippen molar-refractivity contribution >= 4 is 0 Å². The lowest BCUT2D eigenvalue weighted by Crippen LogP contribution is -2.37. The third kappa shape index (κ3) is 3.11.